The zero-order valence-electron chi connectivity index (χ0n) is 11.2. The van der Waals surface area contributed by atoms with Crippen LogP contribution in [-0.2, 0) is 0 Å². The number of carbonyl (C=O) groups excluding carboxylic acids is 1. The van der Waals surface area contributed by atoms with Crippen molar-refractivity contribution in [3.63, 3.8) is 0 Å². The second-order valence-corrected chi connectivity index (χ2v) is 5.03. The van der Waals surface area contributed by atoms with Crippen LogP contribution in [0.1, 0.15) is 30.6 Å². The van der Waals surface area contributed by atoms with Crippen LogP contribution in [-0.4, -0.2) is 29.3 Å². The van der Waals surface area contributed by atoms with E-state index in [-0.39, 0.29) is 22.2 Å². The normalized spacial score (nSPS) is 12.0. The molecular formula is C13H17ClN2O3. The van der Waals surface area contributed by atoms with E-state index in [9.17, 15) is 14.9 Å². The predicted molar refractivity (Wildman–Crippen MR) is 74.5 cm³/mol. The third kappa shape index (κ3) is 3.92. The Kier molecular flexibility index (Phi) is 5.30. The van der Waals surface area contributed by atoms with Gasteiger partial charge in [-0.05, 0) is 18.1 Å². The van der Waals surface area contributed by atoms with E-state index in [0.717, 1.165) is 6.42 Å². The Labute approximate surface area is 117 Å². The van der Waals surface area contributed by atoms with Crippen LogP contribution in [0.4, 0.5) is 5.69 Å². The highest BCUT2D eigenvalue weighted by atomic mass is 35.5. The lowest BCUT2D eigenvalue weighted by molar-refractivity contribution is -0.384. The molecule has 0 N–H and O–H groups in total. The summed E-state index contributed by atoms with van der Waals surface area (Å²) in [7, 11) is 1.69. The number of rotatable bonds is 5. The SMILES string of the molecule is CCC(C)CN(C)C(=O)c1ccc(Cl)c([N+](=O)[O-])c1. The molecule has 0 aromatic heterocycles. The van der Waals surface area contributed by atoms with Crippen molar-refractivity contribution in [1.82, 2.24) is 4.90 Å². The maximum atomic E-state index is 12.1. The lowest BCUT2D eigenvalue weighted by atomic mass is 10.1. The number of nitro groups is 1. The quantitative estimate of drug-likeness (QED) is 0.615. The Bertz CT molecular complexity index is 491. The highest BCUT2D eigenvalue weighted by molar-refractivity contribution is 6.32. The molecule has 1 aromatic rings. The molecule has 1 atom stereocenters. The maximum absolute atomic E-state index is 12.1. The largest absolute Gasteiger partial charge is 0.341 e. The Morgan fingerprint density at radius 1 is 1.53 bits per heavy atom. The van der Waals surface area contributed by atoms with Crippen molar-refractivity contribution < 1.29 is 9.72 Å². The van der Waals surface area contributed by atoms with Crippen LogP contribution in [0.2, 0.25) is 5.02 Å². The summed E-state index contributed by atoms with van der Waals surface area (Å²) in [6.45, 7) is 4.72. The monoisotopic (exact) mass is 284 g/mol. The van der Waals surface area contributed by atoms with Gasteiger partial charge in [0.2, 0.25) is 0 Å². The molecule has 0 aliphatic carbocycles. The summed E-state index contributed by atoms with van der Waals surface area (Å²) >= 11 is 5.72. The molecule has 0 aliphatic heterocycles. The molecule has 0 radical (unpaired) electrons. The number of benzene rings is 1. The first-order valence-electron chi connectivity index (χ1n) is 6.06. The molecule has 6 heteroatoms. The molecule has 0 bridgehead atoms. The first-order valence-corrected chi connectivity index (χ1v) is 6.44. The molecule has 0 spiro atoms. The van der Waals surface area contributed by atoms with Crippen molar-refractivity contribution in [1.29, 1.82) is 0 Å². The molecule has 0 fully saturated rings. The van der Waals surface area contributed by atoms with Gasteiger partial charge in [-0.15, -0.1) is 0 Å². The fraction of sp³-hybridized carbons (Fsp3) is 0.462. The molecule has 5 nitrogen and oxygen atoms in total. The van der Waals surface area contributed by atoms with E-state index < -0.39 is 4.92 Å². The van der Waals surface area contributed by atoms with Crippen LogP contribution in [0.15, 0.2) is 18.2 Å². The number of hydrogen-bond acceptors (Lipinski definition) is 3. The van der Waals surface area contributed by atoms with E-state index in [0.29, 0.717) is 12.5 Å². The average Bonchev–Trinajstić information content (AvgIpc) is 2.37. The number of amides is 1. The van der Waals surface area contributed by atoms with Crippen molar-refractivity contribution in [2.75, 3.05) is 13.6 Å². The van der Waals surface area contributed by atoms with Gasteiger partial charge in [-0.1, -0.05) is 31.9 Å². The lowest BCUT2D eigenvalue weighted by Gasteiger charge is -2.20. The van der Waals surface area contributed by atoms with E-state index in [2.05, 4.69) is 6.92 Å². The molecule has 0 saturated carbocycles. The van der Waals surface area contributed by atoms with Gasteiger partial charge in [0.05, 0.1) is 4.92 Å². The van der Waals surface area contributed by atoms with Crippen molar-refractivity contribution in [3.8, 4) is 0 Å². The summed E-state index contributed by atoms with van der Waals surface area (Å²) in [5, 5.41) is 10.8. The van der Waals surface area contributed by atoms with Gasteiger partial charge in [0.25, 0.3) is 11.6 Å². The Balaban J connectivity index is 2.94. The fourth-order valence-electron chi connectivity index (χ4n) is 1.69. The second kappa shape index (κ2) is 6.52. The number of hydrogen-bond donors (Lipinski definition) is 0. The highest BCUT2D eigenvalue weighted by Crippen LogP contribution is 2.25. The van der Waals surface area contributed by atoms with Crippen LogP contribution in [0.5, 0.6) is 0 Å². The van der Waals surface area contributed by atoms with Crippen molar-refractivity contribution in [3.05, 3.63) is 38.9 Å². The lowest BCUT2D eigenvalue weighted by Crippen LogP contribution is -2.30. The number of nitro benzene ring substituents is 1. The minimum Gasteiger partial charge on any atom is -0.341 e. The second-order valence-electron chi connectivity index (χ2n) is 4.62. The number of halogens is 1. The van der Waals surface area contributed by atoms with E-state index in [1.54, 1.807) is 11.9 Å². The molecule has 104 valence electrons. The van der Waals surface area contributed by atoms with Gasteiger partial charge in [-0.3, -0.25) is 14.9 Å². The number of carbonyl (C=O) groups is 1. The predicted octanol–water partition coefficient (Wildman–Crippen LogP) is 3.37. The van der Waals surface area contributed by atoms with E-state index in [1.165, 1.54) is 18.2 Å². The van der Waals surface area contributed by atoms with Crippen LogP contribution >= 0.6 is 11.6 Å². The Hall–Kier alpha value is -1.62. The van der Waals surface area contributed by atoms with Crippen molar-refractivity contribution in [2.24, 2.45) is 5.92 Å². The average molecular weight is 285 g/mol. The summed E-state index contributed by atoms with van der Waals surface area (Å²) in [6.07, 6.45) is 0.971. The van der Waals surface area contributed by atoms with Crippen LogP contribution in [0.25, 0.3) is 0 Å². The maximum Gasteiger partial charge on any atom is 0.288 e. The summed E-state index contributed by atoms with van der Waals surface area (Å²) in [5.74, 6) is 0.149. The van der Waals surface area contributed by atoms with Gasteiger partial charge < -0.3 is 4.90 Å². The van der Waals surface area contributed by atoms with E-state index in [1.807, 2.05) is 6.92 Å². The van der Waals surface area contributed by atoms with Gasteiger partial charge in [-0.2, -0.15) is 0 Å². The van der Waals surface area contributed by atoms with Crippen LogP contribution < -0.4 is 0 Å². The molecule has 0 saturated heterocycles. The summed E-state index contributed by atoms with van der Waals surface area (Å²) in [5.41, 5.74) is 0.0337. The minimum atomic E-state index is -0.590. The molecular weight excluding hydrogens is 268 g/mol. The van der Waals surface area contributed by atoms with Gasteiger partial charge in [0.1, 0.15) is 5.02 Å². The van der Waals surface area contributed by atoms with Crippen LogP contribution in [0, 0.1) is 16.0 Å². The molecule has 1 aromatic carbocycles. The number of nitrogens with zero attached hydrogens (tertiary/aromatic N) is 2. The Morgan fingerprint density at radius 2 is 2.16 bits per heavy atom. The highest BCUT2D eigenvalue weighted by Gasteiger charge is 2.19. The topological polar surface area (TPSA) is 63.5 Å². The summed E-state index contributed by atoms with van der Waals surface area (Å²) in [4.78, 5) is 23.9. The standard InChI is InChI=1S/C13H17ClN2O3/c1-4-9(2)8-15(3)13(17)10-5-6-11(14)12(7-10)16(18)19/h5-7,9H,4,8H2,1-3H3. The molecule has 1 rings (SSSR count). The molecule has 0 heterocycles. The third-order valence-corrected chi connectivity index (χ3v) is 3.34. The Morgan fingerprint density at radius 3 is 2.68 bits per heavy atom. The van der Waals surface area contributed by atoms with Gasteiger partial charge in [0, 0.05) is 25.2 Å². The first-order chi connectivity index (χ1) is 8.86. The van der Waals surface area contributed by atoms with E-state index >= 15 is 0 Å². The van der Waals surface area contributed by atoms with Crippen molar-refractivity contribution in [2.45, 2.75) is 20.3 Å². The van der Waals surface area contributed by atoms with Gasteiger partial charge in [0.15, 0.2) is 0 Å². The zero-order valence-corrected chi connectivity index (χ0v) is 12.0. The molecule has 19 heavy (non-hydrogen) atoms. The van der Waals surface area contributed by atoms with Crippen LogP contribution in [0.3, 0.4) is 0 Å². The zero-order chi connectivity index (χ0) is 14.6. The van der Waals surface area contributed by atoms with Crippen molar-refractivity contribution >= 4 is 23.2 Å². The first kappa shape index (κ1) is 15.4. The minimum absolute atomic E-state index is 0.0335. The summed E-state index contributed by atoms with van der Waals surface area (Å²) < 4.78 is 0. The summed E-state index contributed by atoms with van der Waals surface area (Å²) in [6, 6.07) is 4.10. The molecule has 1 unspecified atom stereocenters. The van der Waals surface area contributed by atoms with Gasteiger partial charge in [-0.25, -0.2) is 0 Å². The molecule has 0 aliphatic rings. The smallest absolute Gasteiger partial charge is 0.288 e. The van der Waals surface area contributed by atoms with Gasteiger partial charge >= 0.3 is 0 Å². The van der Waals surface area contributed by atoms with E-state index in [4.69, 9.17) is 11.6 Å². The molecule has 1 amide bonds. The fourth-order valence-corrected chi connectivity index (χ4v) is 1.87. The third-order valence-electron chi connectivity index (χ3n) is 3.02.